The molecule has 0 amide bonds. The van der Waals surface area contributed by atoms with E-state index in [1.165, 1.54) is 6.07 Å². The Morgan fingerprint density at radius 3 is 2.47 bits per heavy atom. The number of halogens is 2. The molecule has 0 fully saturated rings. The van der Waals surface area contributed by atoms with E-state index in [0.717, 1.165) is 0 Å². The van der Waals surface area contributed by atoms with Crippen molar-refractivity contribution < 1.29 is 10.2 Å². The fraction of sp³-hybridized carbons (Fsp3) is 0.500. The van der Waals surface area contributed by atoms with Gasteiger partial charge in [0, 0.05) is 23.2 Å². The molecule has 0 aliphatic rings. The van der Waals surface area contributed by atoms with E-state index in [2.05, 4.69) is 5.32 Å². The molecule has 0 saturated heterocycles. The van der Waals surface area contributed by atoms with E-state index in [1.807, 2.05) is 13.8 Å². The van der Waals surface area contributed by atoms with Crippen LogP contribution >= 0.6 is 23.2 Å². The summed E-state index contributed by atoms with van der Waals surface area (Å²) in [6.45, 7) is 4.49. The largest absolute Gasteiger partial charge is 0.506 e. The molecule has 1 aromatic carbocycles. The topological polar surface area (TPSA) is 52.5 Å². The molecule has 1 atom stereocenters. The van der Waals surface area contributed by atoms with Gasteiger partial charge in [-0.3, -0.25) is 0 Å². The van der Waals surface area contributed by atoms with Crippen LogP contribution in [0.25, 0.3) is 0 Å². The Balaban J connectivity index is 2.75. The minimum atomic E-state index is -0.0212. The fourth-order valence-corrected chi connectivity index (χ4v) is 2.04. The summed E-state index contributed by atoms with van der Waals surface area (Å²) < 4.78 is 0. The molecule has 0 saturated carbocycles. The number of hydrogen-bond acceptors (Lipinski definition) is 3. The molecule has 0 unspecified atom stereocenters. The maximum absolute atomic E-state index is 9.75. The van der Waals surface area contributed by atoms with Crippen LogP contribution in [-0.4, -0.2) is 22.9 Å². The first kappa shape index (κ1) is 14.6. The van der Waals surface area contributed by atoms with Crippen LogP contribution < -0.4 is 5.32 Å². The molecule has 1 aromatic rings. The number of phenolic OH excluding ortho intramolecular Hbond substituents is 1. The Labute approximate surface area is 111 Å². The van der Waals surface area contributed by atoms with E-state index >= 15 is 0 Å². The Morgan fingerprint density at radius 2 is 1.94 bits per heavy atom. The van der Waals surface area contributed by atoms with Gasteiger partial charge in [-0.05, 0) is 18.1 Å². The van der Waals surface area contributed by atoms with Gasteiger partial charge in [0.05, 0.1) is 11.6 Å². The zero-order chi connectivity index (χ0) is 13.0. The van der Waals surface area contributed by atoms with Gasteiger partial charge in [0.1, 0.15) is 5.75 Å². The lowest BCUT2D eigenvalue weighted by Gasteiger charge is -2.20. The molecule has 1 rings (SSSR count). The van der Waals surface area contributed by atoms with E-state index in [0.29, 0.717) is 23.0 Å². The van der Waals surface area contributed by atoms with Crippen molar-refractivity contribution in [3.63, 3.8) is 0 Å². The van der Waals surface area contributed by atoms with E-state index in [4.69, 9.17) is 23.2 Å². The summed E-state index contributed by atoms with van der Waals surface area (Å²) in [6, 6.07) is 3.13. The smallest absolute Gasteiger partial charge is 0.138 e. The van der Waals surface area contributed by atoms with Crippen LogP contribution in [0.2, 0.25) is 10.0 Å². The number of phenols is 1. The molecular weight excluding hydrogens is 261 g/mol. The van der Waals surface area contributed by atoms with Crippen LogP contribution in [-0.2, 0) is 6.54 Å². The normalized spacial score (nSPS) is 13.1. The van der Waals surface area contributed by atoms with Crippen LogP contribution in [0.15, 0.2) is 12.1 Å². The Kier molecular flexibility index (Phi) is 5.53. The second-order valence-corrected chi connectivity index (χ2v) is 5.15. The van der Waals surface area contributed by atoms with E-state index in [9.17, 15) is 10.2 Å². The van der Waals surface area contributed by atoms with Crippen molar-refractivity contribution in [2.45, 2.75) is 26.4 Å². The van der Waals surface area contributed by atoms with Crippen molar-refractivity contribution in [2.75, 3.05) is 6.61 Å². The lowest BCUT2D eigenvalue weighted by atomic mass is 10.0. The molecule has 0 aliphatic carbocycles. The number of benzene rings is 1. The third kappa shape index (κ3) is 4.03. The van der Waals surface area contributed by atoms with Crippen LogP contribution in [0.1, 0.15) is 19.4 Å². The molecular formula is C12H17Cl2NO2. The van der Waals surface area contributed by atoms with Gasteiger partial charge in [0.25, 0.3) is 0 Å². The van der Waals surface area contributed by atoms with Crippen LogP contribution in [0, 0.1) is 5.92 Å². The number of nitrogens with one attached hydrogen (secondary N) is 1. The standard InChI is InChI=1S/C12H17Cl2NO2/c1-7(2)11(6-16)15-5-8-3-9(13)4-10(14)12(8)17/h3-4,7,11,15-17H,5-6H2,1-2H3/t11-/m1/s1. The van der Waals surface area contributed by atoms with Crippen molar-refractivity contribution in [1.29, 1.82) is 0 Å². The molecule has 3 N–H and O–H groups in total. The highest BCUT2D eigenvalue weighted by Gasteiger charge is 2.13. The molecule has 17 heavy (non-hydrogen) atoms. The van der Waals surface area contributed by atoms with E-state index in [-0.39, 0.29) is 23.4 Å². The third-order valence-corrected chi connectivity index (χ3v) is 3.17. The highest BCUT2D eigenvalue weighted by Crippen LogP contribution is 2.31. The minimum Gasteiger partial charge on any atom is -0.506 e. The summed E-state index contributed by atoms with van der Waals surface area (Å²) in [4.78, 5) is 0. The molecule has 0 radical (unpaired) electrons. The molecule has 3 nitrogen and oxygen atoms in total. The van der Waals surface area contributed by atoms with Crippen molar-refractivity contribution in [1.82, 2.24) is 5.32 Å². The average Bonchev–Trinajstić information content (AvgIpc) is 2.25. The molecule has 0 spiro atoms. The predicted molar refractivity (Wildman–Crippen MR) is 70.7 cm³/mol. The number of aliphatic hydroxyl groups excluding tert-OH is 1. The third-order valence-electron chi connectivity index (χ3n) is 2.66. The van der Waals surface area contributed by atoms with Gasteiger partial charge in [-0.1, -0.05) is 37.0 Å². The SMILES string of the molecule is CC(C)[C@@H](CO)NCc1cc(Cl)cc(Cl)c1O. The molecule has 0 bridgehead atoms. The Bertz CT molecular complexity index is 383. The van der Waals surface area contributed by atoms with Gasteiger partial charge in [-0.25, -0.2) is 0 Å². The lowest BCUT2D eigenvalue weighted by Crippen LogP contribution is -2.36. The summed E-state index contributed by atoms with van der Waals surface area (Å²) in [5.74, 6) is 0.334. The van der Waals surface area contributed by atoms with E-state index < -0.39 is 0 Å². The van der Waals surface area contributed by atoms with Crippen molar-refractivity contribution in [2.24, 2.45) is 5.92 Å². The number of rotatable bonds is 5. The monoisotopic (exact) mass is 277 g/mol. The van der Waals surface area contributed by atoms with Crippen LogP contribution in [0.3, 0.4) is 0 Å². The highest BCUT2D eigenvalue weighted by atomic mass is 35.5. The second-order valence-electron chi connectivity index (χ2n) is 4.31. The van der Waals surface area contributed by atoms with Gasteiger partial charge < -0.3 is 15.5 Å². The maximum atomic E-state index is 9.75. The first-order valence-corrected chi connectivity index (χ1v) is 6.22. The molecule has 0 aliphatic heterocycles. The van der Waals surface area contributed by atoms with Gasteiger partial charge in [0.15, 0.2) is 0 Å². The molecule has 0 aromatic heterocycles. The number of aliphatic hydroxyl groups is 1. The van der Waals surface area contributed by atoms with Crippen molar-refractivity contribution in [3.05, 3.63) is 27.7 Å². The number of hydrogen-bond donors (Lipinski definition) is 3. The summed E-state index contributed by atoms with van der Waals surface area (Å²) in [6.07, 6.45) is 0. The minimum absolute atomic E-state index is 0.0212. The predicted octanol–water partition coefficient (Wildman–Crippen LogP) is 2.81. The second kappa shape index (κ2) is 6.45. The first-order valence-electron chi connectivity index (χ1n) is 5.46. The average molecular weight is 278 g/mol. The molecule has 96 valence electrons. The molecule has 5 heteroatoms. The van der Waals surface area contributed by atoms with Crippen molar-refractivity contribution >= 4 is 23.2 Å². The number of aromatic hydroxyl groups is 1. The zero-order valence-corrected chi connectivity index (χ0v) is 11.4. The lowest BCUT2D eigenvalue weighted by molar-refractivity contribution is 0.209. The van der Waals surface area contributed by atoms with E-state index in [1.54, 1.807) is 6.07 Å². The van der Waals surface area contributed by atoms with Crippen LogP contribution in [0.4, 0.5) is 0 Å². The van der Waals surface area contributed by atoms with Gasteiger partial charge in [-0.2, -0.15) is 0 Å². The summed E-state index contributed by atoms with van der Waals surface area (Å²) in [7, 11) is 0. The van der Waals surface area contributed by atoms with Crippen molar-refractivity contribution in [3.8, 4) is 5.75 Å². The Hall–Kier alpha value is -0.480. The summed E-state index contributed by atoms with van der Waals surface area (Å²) >= 11 is 11.7. The first-order chi connectivity index (χ1) is 7.95. The molecule has 0 heterocycles. The van der Waals surface area contributed by atoms with Gasteiger partial charge in [-0.15, -0.1) is 0 Å². The quantitative estimate of drug-likeness (QED) is 0.776. The highest BCUT2D eigenvalue weighted by molar-refractivity contribution is 6.35. The summed E-state index contributed by atoms with van der Waals surface area (Å²) in [5.41, 5.74) is 0.626. The summed E-state index contributed by atoms with van der Waals surface area (Å²) in [5, 5.41) is 22.8. The van der Waals surface area contributed by atoms with Gasteiger partial charge in [0.2, 0.25) is 0 Å². The maximum Gasteiger partial charge on any atom is 0.138 e. The van der Waals surface area contributed by atoms with Gasteiger partial charge >= 0.3 is 0 Å². The zero-order valence-electron chi connectivity index (χ0n) is 9.87. The Morgan fingerprint density at radius 1 is 1.29 bits per heavy atom. The fourth-order valence-electron chi connectivity index (χ4n) is 1.51. The van der Waals surface area contributed by atoms with Crippen LogP contribution in [0.5, 0.6) is 5.75 Å².